The van der Waals surface area contributed by atoms with Crippen molar-refractivity contribution in [3.05, 3.63) is 29.8 Å². The molecule has 0 aliphatic heterocycles. The summed E-state index contributed by atoms with van der Waals surface area (Å²) < 4.78 is 28.6. The van der Waals surface area contributed by atoms with Crippen molar-refractivity contribution in [3.8, 4) is 0 Å². The maximum atomic E-state index is 11.8. The van der Waals surface area contributed by atoms with Gasteiger partial charge in [-0.25, -0.2) is 0 Å². The van der Waals surface area contributed by atoms with Gasteiger partial charge in [-0.15, -0.1) is 0 Å². The Morgan fingerprint density at radius 1 is 1.21 bits per heavy atom. The molecule has 4 nitrogen and oxygen atoms in total. The van der Waals surface area contributed by atoms with E-state index in [1.165, 1.54) is 12.1 Å². The molecule has 5 heteroatoms. The van der Waals surface area contributed by atoms with E-state index in [4.69, 9.17) is 4.18 Å². The van der Waals surface area contributed by atoms with Gasteiger partial charge in [0.15, 0.2) is 0 Å². The molecule has 0 aromatic heterocycles. The Balaban J connectivity index is 2.49. The smallest absolute Gasteiger partial charge is 0.297 e. The lowest BCUT2D eigenvalue weighted by atomic mass is 10.1. The van der Waals surface area contributed by atoms with E-state index in [9.17, 15) is 13.5 Å². The monoisotopic (exact) mass is 286 g/mol. The summed E-state index contributed by atoms with van der Waals surface area (Å²) in [6, 6.07) is 6.45. The van der Waals surface area contributed by atoms with Crippen LogP contribution in [0.1, 0.15) is 38.2 Å². The molecule has 1 aromatic carbocycles. The van der Waals surface area contributed by atoms with Crippen LogP contribution in [0.3, 0.4) is 0 Å². The van der Waals surface area contributed by atoms with Crippen LogP contribution in [0.25, 0.3) is 0 Å². The molecule has 0 unspecified atom stereocenters. The Morgan fingerprint density at radius 2 is 1.84 bits per heavy atom. The standard InChI is InChI=1S/C14H22O4S/c1-3-4-5-6-13(15)11-18-19(16,17)14-9-7-12(2)8-10-14/h7-10,13,15H,3-6,11H2,1-2H3/t13-/m1/s1. The Morgan fingerprint density at radius 3 is 2.42 bits per heavy atom. The summed E-state index contributed by atoms with van der Waals surface area (Å²) in [7, 11) is -3.76. The van der Waals surface area contributed by atoms with Gasteiger partial charge in [0.05, 0.1) is 17.6 Å². The lowest BCUT2D eigenvalue weighted by molar-refractivity contribution is 0.100. The fraction of sp³-hybridized carbons (Fsp3) is 0.571. The van der Waals surface area contributed by atoms with Crippen molar-refractivity contribution in [2.24, 2.45) is 0 Å². The SMILES string of the molecule is CCCCC[C@@H](O)COS(=O)(=O)c1ccc(C)cc1. The number of unbranched alkanes of at least 4 members (excludes halogenated alkanes) is 2. The van der Waals surface area contributed by atoms with Gasteiger partial charge in [0.1, 0.15) is 0 Å². The molecule has 0 radical (unpaired) electrons. The van der Waals surface area contributed by atoms with Gasteiger partial charge in [-0.3, -0.25) is 4.18 Å². The van der Waals surface area contributed by atoms with Crippen molar-refractivity contribution in [2.45, 2.75) is 50.5 Å². The molecule has 1 atom stereocenters. The van der Waals surface area contributed by atoms with E-state index in [0.717, 1.165) is 24.8 Å². The highest BCUT2D eigenvalue weighted by molar-refractivity contribution is 7.86. The highest BCUT2D eigenvalue weighted by Crippen LogP contribution is 2.14. The first-order valence-corrected chi connectivity index (χ1v) is 8.00. The minimum Gasteiger partial charge on any atom is -0.391 e. The van der Waals surface area contributed by atoms with E-state index in [2.05, 4.69) is 6.92 Å². The van der Waals surface area contributed by atoms with Gasteiger partial charge in [-0.2, -0.15) is 8.42 Å². The number of aliphatic hydroxyl groups excluding tert-OH is 1. The average molecular weight is 286 g/mol. The molecule has 0 bridgehead atoms. The second kappa shape index (κ2) is 7.62. The molecule has 0 saturated carbocycles. The van der Waals surface area contributed by atoms with E-state index in [1.807, 2.05) is 6.92 Å². The summed E-state index contributed by atoms with van der Waals surface area (Å²) in [4.78, 5) is 0.124. The van der Waals surface area contributed by atoms with Crippen molar-refractivity contribution >= 4 is 10.1 Å². The topological polar surface area (TPSA) is 63.6 Å². The minimum atomic E-state index is -3.76. The van der Waals surface area contributed by atoms with E-state index in [-0.39, 0.29) is 11.5 Å². The molecule has 0 aliphatic rings. The second-order valence-corrected chi connectivity index (χ2v) is 6.32. The summed E-state index contributed by atoms with van der Waals surface area (Å²) in [6.07, 6.45) is 2.81. The molecule has 1 N–H and O–H groups in total. The number of rotatable bonds is 8. The third-order valence-corrected chi connectivity index (χ3v) is 4.16. The number of aryl methyl sites for hydroxylation is 1. The first-order valence-electron chi connectivity index (χ1n) is 6.60. The number of hydrogen-bond donors (Lipinski definition) is 1. The number of benzene rings is 1. The molecule has 0 spiro atoms. The van der Waals surface area contributed by atoms with E-state index in [0.29, 0.717) is 6.42 Å². The van der Waals surface area contributed by atoms with Crippen molar-refractivity contribution in [2.75, 3.05) is 6.61 Å². The molecule has 108 valence electrons. The molecule has 0 amide bonds. The summed E-state index contributed by atoms with van der Waals surface area (Å²) in [5.41, 5.74) is 0.985. The van der Waals surface area contributed by atoms with Gasteiger partial charge in [0, 0.05) is 0 Å². The maximum absolute atomic E-state index is 11.8. The fourth-order valence-corrected chi connectivity index (χ4v) is 2.60. The van der Waals surface area contributed by atoms with E-state index < -0.39 is 16.2 Å². The Labute approximate surface area is 115 Å². The van der Waals surface area contributed by atoms with Crippen molar-refractivity contribution in [1.82, 2.24) is 0 Å². The molecule has 1 aromatic rings. The minimum absolute atomic E-state index is 0.124. The Hall–Kier alpha value is -0.910. The lowest BCUT2D eigenvalue weighted by Gasteiger charge is -2.11. The Bertz CT molecular complexity index is 465. The van der Waals surface area contributed by atoms with Crippen LogP contribution >= 0.6 is 0 Å². The molecule has 0 saturated heterocycles. The van der Waals surface area contributed by atoms with Crippen LogP contribution in [-0.4, -0.2) is 26.2 Å². The van der Waals surface area contributed by atoms with Crippen LogP contribution in [-0.2, 0) is 14.3 Å². The first kappa shape index (κ1) is 16.1. The zero-order chi connectivity index (χ0) is 14.3. The van der Waals surface area contributed by atoms with Crippen LogP contribution in [0.4, 0.5) is 0 Å². The maximum Gasteiger partial charge on any atom is 0.297 e. The molecule has 0 fully saturated rings. The zero-order valence-corrected chi connectivity index (χ0v) is 12.3. The summed E-state index contributed by atoms with van der Waals surface area (Å²) in [6.45, 7) is 3.78. The average Bonchev–Trinajstić information content (AvgIpc) is 2.37. The second-order valence-electron chi connectivity index (χ2n) is 4.70. The number of aliphatic hydroxyl groups is 1. The van der Waals surface area contributed by atoms with Gasteiger partial charge in [-0.1, -0.05) is 43.9 Å². The normalized spacial score (nSPS) is 13.4. The van der Waals surface area contributed by atoms with Gasteiger partial charge in [-0.05, 0) is 25.5 Å². The van der Waals surface area contributed by atoms with Gasteiger partial charge in [0.25, 0.3) is 10.1 Å². The van der Waals surface area contributed by atoms with Crippen molar-refractivity contribution in [1.29, 1.82) is 0 Å². The van der Waals surface area contributed by atoms with E-state index >= 15 is 0 Å². The molecule has 0 heterocycles. The van der Waals surface area contributed by atoms with Gasteiger partial charge >= 0.3 is 0 Å². The summed E-state index contributed by atoms with van der Waals surface area (Å²) in [5, 5.41) is 9.64. The quantitative estimate of drug-likeness (QED) is 0.589. The predicted molar refractivity (Wildman–Crippen MR) is 74.5 cm³/mol. The summed E-state index contributed by atoms with van der Waals surface area (Å²) in [5.74, 6) is 0. The number of hydrogen-bond acceptors (Lipinski definition) is 4. The first-order chi connectivity index (χ1) is 8.95. The van der Waals surface area contributed by atoms with Crippen LogP contribution < -0.4 is 0 Å². The van der Waals surface area contributed by atoms with Crippen LogP contribution in [0.5, 0.6) is 0 Å². The van der Waals surface area contributed by atoms with Gasteiger partial charge < -0.3 is 5.11 Å². The molecular formula is C14H22O4S. The van der Waals surface area contributed by atoms with Crippen LogP contribution in [0, 0.1) is 6.92 Å². The fourth-order valence-electron chi connectivity index (χ4n) is 1.65. The molecule has 0 aliphatic carbocycles. The van der Waals surface area contributed by atoms with Crippen molar-refractivity contribution in [3.63, 3.8) is 0 Å². The van der Waals surface area contributed by atoms with Crippen molar-refractivity contribution < 1.29 is 17.7 Å². The third-order valence-electron chi connectivity index (χ3n) is 2.87. The van der Waals surface area contributed by atoms with Gasteiger partial charge in [0.2, 0.25) is 0 Å². The predicted octanol–water partition coefficient (Wildman–Crippen LogP) is 2.64. The largest absolute Gasteiger partial charge is 0.391 e. The highest BCUT2D eigenvalue weighted by atomic mass is 32.2. The van der Waals surface area contributed by atoms with E-state index in [1.54, 1.807) is 12.1 Å². The highest BCUT2D eigenvalue weighted by Gasteiger charge is 2.17. The molecule has 19 heavy (non-hydrogen) atoms. The summed E-state index contributed by atoms with van der Waals surface area (Å²) >= 11 is 0. The Kier molecular flexibility index (Phi) is 6.48. The zero-order valence-electron chi connectivity index (χ0n) is 11.5. The molecular weight excluding hydrogens is 264 g/mol. The van der Waals surface area contributed by atoms with Crippen LogP contribution in [0.2, 0.25) is 0 Å². The third kappa shape index (κ3) is 5.72. The molecule has 1 rings (SSSR count). The van der Waals surface area contributed by atoms with Crippen LogP contribution in [0.15, 0.2) is 29.2 Å². The lowest BCUT2D eigenvalue weighted by Crippen LogP contribution is -2.19.